The molecule has 148 valence electrons. The normalized spacial score (nSPS) is 16.0. The van der Waals surface area contributed by atoms with Crippen LogP contribution in [0.2, 0.25) is 0 Å². The van der Waals surface area contributed by atoms with E-state index in [1.165, 1.54) is 10.8 Å². The van der Waals surface area contributed by atoms with Gasteiger partial charge in [0.2, 0.25) is 5.95 Å². The summed E-state index contributed by atoms with van der Waals surface area (Å²) >= 11 is 0. The van der Waals surface area contributed by atoms with Crippen LogP contribution in [-0.2, 0) is 0 Å². The SMILES string of the molecule is O=C(c1ccccc1)N1CC[C@@H](Nc2nccc(-c3ccc4ccccc4c3)n2)C1. The second-order valence-electron chi connectivity index (χ2n) is 7.57. The number of carbonyl (C=O) groups excluding carboxylic acids is 1. The summed E-state index contributed by atoms with van der Waals surface area (Å²) in [5.74, 6) is 0.672. The molecule has 1 atom stereocenters. The fourth-order valence-corrected chi connectivity index (χ4v) is 3.95. The van der Waals surface area contributed by atoms with Crippen molar-refractivity contribution in [2.75, 3.05) is 18.4 Å². The van der Waals surface area contributed by atoms with Crippen molar-refractivity contribution in [3.63, 3.8) is 0 Å². The van der Waals surface area contributed by atoms with Crippen molar-refractivity contribution in [1.82, 2.24) is 14.9 Å². The Morgan fingerprint density at radius 2 is 1.73 bits per heavy atom. The van der Waals surface area contributed by atoms with Crippen LogP contribution < -0.4 is 5.32 Å². The number of carbonyl (C=O) groups is 1. The van der Waals surface area contributed by atoms with Gasteiger partial charge >= 0.3 is 0 Å². The lowest BCUT2D eigenvalue weighted by Crippen LogP contribution is -2.31. The molecular formula is C25H22N4O. The molecule has 0 unspecified atom stereocenters. The molecule has 1 saturated heterocycles. The number of nitrogens with one attached hydrogen (secondary N) is 1. The van der Waals surface area contributed by atoms with Gasteiger partial charge in [-0.3, -0.25) is 4.79 Å². The Morgan fingerprint density at radius 3 is 2.60 bits per heavy atom. The largest absolute Gasteiger partial charge is 0.350 e. The van der Waals surface area contributed by atoms with E-state index in [9.17, 15) is 4.79 Å². The quantitative estimate of drug-likeness (QED) is 0.549. The van der Waals surface area contributed by atoms with Crippen LogP contribution in [0.5, 0.6) is 0 Å². The molecule has 2 heterocycles. The zero-order chi connectivity index (χ0) is 20.3. The summed E-state index contributed by atoms with van der Waals surface area (Å²) in [5, 5.41) is 5.81. The molecule has 30 heavy (non-hydrogen) atoms. The summed E-state index contributed by atoms with van der Waals surface area (Å²) in [5.41, 5.74) is 2.67. The van der Waals surface area contributed by atoms with E-state index in [0.29, 0.717) is 12.5 Å². The van der Waals surface area contributed by atoms with Crippen molar-refractivity contribution >= 4 is 22.6 Å². The average molecular weight is 394 g/mol. The third-order valence-corrected chi connectivity index (χ3v) is 5.53. The summed E-state index contributed by atoms with van der Waals surface area (Å²) in [7, 11) is 0. The average Bonchev–Trinajstić information content (AvgIpc) is 3.27. The third kappa shape index (κ3) is 3.74. The van der Waals surface area contributed by atoms with Crippen LogP contribution in [0.25, 0.3) is 22.0 Å². The van der Waals surface area contributed by atoms with Crippen molar-refractivity contribution in [2.24, 2.45) is 0 Å². The standard InChI is InChI=1S/C25H22N4O/c30-24(19-7-2-1-3-8-19)29-15-13-22(17-29)27-25-26-14-12-23(28-25)21-11-10-18-6-4-5-9-20(18)16-21/h1-12,14,16,22H,13,15,17H2,(H,26,27,28)/t22-/m1/s1. The first kappa shape index (κ1) is 18.3. The lowest BCUT2D eigenvalue weighted by atomic mass is 10.1. The monoisotopic (exact) mass is 394 g/mol. The zero-order valence-electron chi connectivity index (χ0n) is 16.5. The van der Waals surface area contributed by atoms with E-state index in [1.54, 1.807) is 6.20 Å². The molecular weight excluding hydrogens is 372 g/mol. The van der Waals surface area contributed by atoms with Gasteiger partial charge in [-0.15, -0.1) is 0 Å². The number of anilines is 1. The first-order valence-electron chi connectivity index (χ1n) is 10.2. The van der Waals surface area contributed by atoms with Crippen molar-refractivity contribution in [2.45, 2.75) is 12.5 Å². The highest BCUT2D eigenvalue weighted by Crippen LogP contribution is 2.24. The van der Waals surface area contributed by atoms with E-state index >= 15 is 0 Å². The van der Waals surface area contributed by atoms with E-state index in [1.807, 2.05) is 53.4 Å². The number of nitrogens with zero attached hydrogens (tertiary/aromatic N) is 3. The Morgan fingerprint density at radius 1 is 0.933 bits per heavy atom. The van der Waals surface area contributed by atoms with Gasteiger partial charge in [-0.1, -0.05) is 54.6 Å². The summed E-state index contributed by atoms with van der Waals surface area (Å²) < 4.78 is 0. The van der Waals surface area contributed by atoms with Gasteiger partial charge in [0.25, 0.3) is 5.91 Å². The van der Waals surface area contributed by atoms with E-state index in [4.69, 9.17) is 4.98 Å². The maximum absolute atomic E-state index is 12.7. The lowest BCUT2D eigenvalue weighted by molar-refractivity contribution is 0.0791. The molecule has 0 radical (unpaired) electrons. The maximum Gasteiger partial charge on any atom is 0.253 e. The smallest absolute Gasteiger partial charge is 0.253 e. The number of amides is 1. The fraction of sp³-hybridized carbons (Fsp3) is 0.160. The van der Waals surface area contributed by atoms with E-state index in [0.717, 1.165) is 29.8 Å². The van der Waals surface area contributed by atoms with Gasteiger partial charge in [0, 0.05) is 36.5 Å². The van der Waals surface area contributed by atoms with Gasteiger partial charge in [0.15, 0.2) is 0 Å². The van der Waals surface area contributed by atoms with Gasteiger partial charge in [0.1, 0.15) is 0 Å². The molecule has 4 aromatic rings. The van der Waals surface area contributed by atoms with E-state index in [-0.39, 0.29) is 11.9 Å². The number of aromatic nitrogens is 2. The molecule has 1 fully saturated rings. The summed E-state index contributed by atoms with van der Waals surface area (Å²) in [6, 6.07) is 26.2. The van der Waals surface area contributed by atoms with Gasteiger partial charge in [0.05, 0.1) is 5.69 Å². The third-order valence-electron chi connectivity index (χ3n) is 5.53. The summed E-state index contributed by atoms with van der Waals surface area (Å²) in [4.78, 5) is 23.7. The number of fused-ring (bicyclic) bond motifs is 1. The number of benzene rings is 3. The molecule has 5 nitrogen and oxygen atoms in total. The molecule has 1 aliphatic heterocycles. The van der Waals surface area contributed by atoms with Crippen molar-refractivity contribution < 1.29 is 4.79 Å². The molecule has 1 amide bonds. The van der Waals surface area contributed by atoms with Crippen LogP contribution >= 0.6 is 0 Å². The van der Waals surface area contributed by atoms with Crippen molar-refractivity contribution in [3.8, 4) is 11.3 Å². The maximum atomic E-state index is 12.7. The van der Waals surface area contributed by atoms with E-state index < -0.39 is 0 Å². The molecule has 5 rings (SSSR count). The summed E-state index contributed by atoms with van der Waals surface area (Å²) in [6.45, 7) is 1.38. The van der Waals surface area contributed by atoms with Crippen LogP contribution in [0.15, 0.2) is 85.1 Å². The molecule has 0 spiro atoms. The van der Waals surface area contributed by atoms with Gasteiger partial charge in [-0.2, -0.15) is 0 Å². The molecule has 3 aromatic carbocycles. The van der Waals surface area contributed by atoms with Crippen LogP contribution in [-0.4, -0.2) is 39.9 Å². The number of hydrogen-bond acceptors (Lipinski definition) is 4. The second-order valence-corrected chi connectivity index (χ2v) is 7.57. The Balaban J connectivity index is 1.30. The summed E-state index contributed by atoms with van der Waals surface area (Å²) in [6.07, 6.45) is 2.66. The van der Waals surface area contributed by atoms with Crippen LogP contribution in [0.1, 0.15) is 16.8 Å². The highest BCUT2D eigenvalue weighted by molar-refractivity contribution is 5.94. The lowest BCUT2D eigenvalue weighted by Gasteiger charge is -2.17. The number of hydrogen-bond donors (Lipinski definition) is 1. The topological polar surface area (TPSA) is 58.1 Å². The van der Waals surface area contributed by atoms with E-state index in [2.05, 4.69) is 40.6 Å². The van der Waals surface area contributed by atoms with Crippen LogP contribution in [0.3, 0.4) is 0 Å². The zero-order valence-corrected chi connectivity index (χ0v) is 16.5. The molecule has 0 saturated carbocycles. The highest BCUT2D eigenvalue weighted by Gasteiger charge is 2.27. The van der Waals surface area contributed by atoms with Crippen LogP contribution in [0, 0.1) is 0 Å². The molecule has 1 aliphatic rings. The molecule has 0 aliphatic carbocycles. The minimum absolute atomic E-state index is 0.0748. The fourth-order valence-electron chi connectivity index (χ4n) is 3.95. The minimum atomic E-state index is 0.0748. The Hall–Kier alpha value is -3.73. The molecule has 5 heteroatoms. The van der Waals surface area contributed by atoms with Crippen molar-refractivity contribution in [3.05, 3.63) is 90.6 Å². The molecule has 0 bridgehead atoms. The highest BCUT2D eigenvalue weighted by atomic mass is 16.2. The second kappa shape index (κ2) is 7.95. The predicted octanol–water partition coefficient (Wildman–Crippen LogP) is 4.62. The Bertz CT molecular complexity index is 1190. The Labute approximate surface area is 175 Å². The molecule has 1 aromatic heterocycles. The Kier molecular flexibility index (Phi) is 4.85. The van der Waals surface area contributed by atoms with Gasteiger partial charge in [-0.05, 0) is 41.5 Å². The number of rotatable bonds is 4. The first-order valence-corrected chi connectivity index (χ1v) is 10.2. The number of likely N-dealkylation sites (tertiary alicyclic amines) is 1. The first-order chi connectivity index (χ1) is 14.8. The molecule has 1 N–H and O–H groups in total. The predicted molar refractivity (Wildman–Crippen MR) is 119 cm³/mol. The van der Waals surface area contributed by atoms with Crippen molar-refractivity contribution in [1.29, 1.82) is 0 Å². The van der Waals surface area contributed by atoms with Crippen LogP contribution in [0.4, 0.5) is 5.95 Å². The minimum Gasteiger partial charge on any atom is -0.350 e. The van der Waals surface area contributed by atoms with Gasteiger partial charge < -0.3 is 10.2 Å². The van der Waals surface area contributed by atoms with Gasteiger partial charge in [-0.25, -0.2) is 9.97 Å².